The number of esters is 2. The Hall–Kier alpha value is -3.14. The second-order valence-electron chi connectivity index (χ2n) is 5.53. The van der Waals surface area contributed by atoms with Gasteiger partial charge < -0.3 is 9.47 Å². The standard InChI is InChI=1S/C22H22O4/c23-21(15-13-19-9-3-1-4-10-19)25-17-7-8-18-26-22(24)16-14-20-11-5-2-6-12-20/h1-6,9-16H,7-8,17-18H2/b15-13-,16-14-. The molecule has 4 heteroatoms. The van der Waals surface area contributed by atoms with Gasteiger partial charge in [-0.1, -0.05) is 60.7 Å². The highest BCUT2D eigenvalue weighted by atomic mass is 16.5. The number of rotatable bonds is 9. The monoisotopic (exact) mass is 350 g/mol. The van der Waals surface area contributed by atoms with Gasteiger partial charge in [-0.2, -0.15) is 0 Å². The molecule has 0 spiro atoms. The molecule has 0 aromatic heterocycles. The summed E-state index contributed by atoms with van der Waals surface area (Å²) in [6, 6.07) is 19.1. The first-order chi connectivity index (χ1) is 12.7. The topological polar surface area (TPSA) is 52.6 Å². The second kappa shape index (κ2) is 11.4. The van der Waals surface area contributed by atoms with Gasteiger partial charge in [-0.05, 0) is 36.1 Å². The Kier molecular flexibility index (Phi) is 8.43. The van der Waals surface area contributed by atoms with Crippen LogP contribution in [0.4, 0.5) is 0 Å². The van der Waals surface area contributed by atoms with Crippen molar-refractivity contribution in [2.75, 3.05) is 13.2 Å². The molecule has 0 N–H and O–H groups in total. The Morgan fingerprint density at radius 3 is 1.42 bits per heavy atom. The van der Waals surface area contributed by atoms with Gasteiger partial charge in [0.05, 0.1) is 13.2 Å². The van der Waals surface area contributed by atoms with E-state index in [4.69, 9.17) is 9.47 Å². The van der Waals surface area contributed by atoms with Crippen molar-refractivity contribution in [3.63, 3.8) is 0 Å². The van der Waals surface area contributed by atoms with Crippen LogP contribution < -0.4 is 0 Å². The lowest BCUT2D eigenvalue weighted by atomic mass is 10.2. The highest BCUT2D eigenvalue weighted by Crippen LogP contribution is 2.03. The maximum atomic E-state index is 11.6. The van der Waals surface area contributed by atoms with Gasteiger partial charge in [0.2, 0.25) is 0 Å². The summed E-state index contributed by atoms with van der Waals surface area (Å²) < 4.78 is 10.2. The number of carbonyl (C=O) groups is 2. The van der Waals surface area contributed by atoms with E-state index in [2.05, 4.69) is 0 Å². The van der Waals surface area contributed by atoms with Crippen molar-refractivity contribution in [1.29, 1.82) is 0 Å². The van der Waals surface area contributed by atoms with Crippen LogP contribution in [-0.2, 0) is 19.1 Å². The molecule has 0 aliphatic heterocycles. The van der Waals surface area contributed by atoms with Gasteiger partial charge in [-0.3, -0.25) is 0 Å². The van der Waals surface area contributed by atoms with Crippen molar-refractivity contribution in [1.82, 2.24) is 0 Å². The summed E-state index contributed by atoms with van der Waals surface area (Å²) in [5, 5.41) is 0. The van der Waals surface area contributed by atoms with Crippen molar-refractivity contribution in [3.8, 4) is 0 Å². The number of unbranched alkanes of at least 4 members (excludes halogenated alkanes) is 1. The molecular weight excluding hydrogens is 328 g/mol. The van der Waals surface area contributed by atoms with E-state index in [0.717, 1.165) is 11.1 Å². The largest absolute Gasteiger partial charge is 0.463 e. The van der Waals surface area contributed by atoms with Gasteiger partial charge in [0.1, 0.15) is 0 Å². The molecule has 2 aromatic rings. The minimum atomic E-state index is -0.378. The maximum absolute atomic E-state index is 11.6. The summed E-state index contributed by atoms with van der Waals surface area (Å²) in [4.78, 5) is 23.1. The molecule has 4 nitrogen and oxygen atoms in total. The molecule has 2 aromatic carbocycles. The van der Waals surface area contributed by atoms with E-state index < -0.39 is 0 Å². The fraction of sp³-hybridized carbons (Fsp3) is 0.182. The minimum Gasteiger partial charge on any atom is -0.463 e. The van der Waals surface area contributed by atoms with E-state index in [-0.39, 0.29) is 11.9 Å². The Labute approximate surface area is 153 Å². The lowest BCUT2D eigenvalue weighted by molar-refractivity contribution is -0.140. The number of hydrogen-bond acceptors (Lipinski definition) is 4. The average molecular weight is 350 g/mol. The Bertz CT molecular complexity index is 668. The summed E-state index contributed by atoms with van der Waals surface area (Å²) in [5.74, 6) is -0.756. The molecule has 0 unspecified atom stereocenters. The van der Waals surface area contributed by atoms with Crippen molar-refractivity contribution in [2.45, 2.75) is 12.8 Å². The zero-order valence-electron chi connectivity index (χ0n) is 14.5. The lowest BCUT2D eigenvalue weighted by Crippen LogP contribution is -2.06. The summed E-state index contributed by atoms with van der Waals surface area (Å²) in [7, 11) is 0. The van der Waals surface area contributed by atoms with Crippen LogP contribution in [0.25, 0.3) is 12.2 Å². The summed E-state index contributed by atoms with van der Waals surface area (Å²) in [6.07, 6.45) is 7.51. The van der Waals surface area contributed by atoms with E-state index in [0.29, 0.717) is 26.1 Å². The molecule has 0 aliphatic carbocycles. The molecule has 0 aliphatic rings. The number of ether oxygens (including phenoxy) is 2. The van der Waals surface area contributed by atoms with Gasteiger partial charge in [-0.25, -0.2) is 9.59 Å². The van der Waals surface area contributed by atoms with Crippen molar-refractivity contribution >= 4 is 24.1 Å². The number of benzene rings is 2. The zero-order chi connectivity index (χ0) is 18.5. The highest BCUT2D eigenvalue weighted by molar-refractivity contribution is 5.87. The third kappa shape index (κ3) is 8.11. The average Bonchev–Trinajstić information content (AvgIpc) is 2.69. The fourth-order valence-corrected chi connectivity index (χ4v) is 2.10. The predicted molar refractivity (Wildman–Crippen MR) is 102 cm³/mol. The van der Waals surface area contributed by atoms with Crippen LogP contribution in [0.3, 0.4) is 0 Å². The van der Waals surface area contributed by atoms with Crippen LogP contribution in [0.5, 0.6) is 0 Å². The highest BCUT2D eigenvalue weighted by Gasteiger charge is 1.99. The molecule has 2 rings (SSSR count). The van der Waals surface area contributed by atoms with Gasteiger partial charge >= 0.3 is 11.9 Å². The van der Waals surface area contributed by atoms with E-state index in [1.54, 1.807) is 12.2 Å². The normalized spacial score (nSPS) is 10.9. The molecule has 0 radical (unpaired) electrons. The van der Waals surface area contributed by atoms with Crippen LogP contribution >= 0.6 is 0 Å². The quantitative estimate of drug-likeness (QED) is 0.385. The van der Waals surface area contributed by atoms with Crippen LogP contribution in [0.2, 0.25) is 0 Å². The van der Waals surface area contributed by atoms with Crippen molar-refractivity contribution in [2.24, 2.45) is 0 Å². The van der Waals surface area contributed by atoms with Crippen LogP contribution in [0.15, 0.2) is 72.8 Å². The van der Waals surface area contributed by atoms with Crippen LogP contribution in [-0.4, -0.2) is 25.2 Å². The summed E-state index contributed by atoms with van der Waals surface area (Å²) >= 11 is 0. The molecule has 0 bridgehead atoms. The first kappa shape index (κ1) is 19.2. The fourth-order valence-electron chi connectivity index (χ4n) is 2.10. The third-order valence-electron chi connectivity index (χ3n) is 3.45. The summed E-state index contributed by atoms with van der Waals surface area (Å²) in [6.45, 7) is 0.602. The smallest absolute Gasteiger partial charge is 0.330 e. The lowest BCUT2D eigenvalue weighted by Gasteiger charge is -2.03. The molecule has 0 fully saturated rings. The van der Waals surface area contributed by atoms with Gasteiger partial charge in [0.25, 0.3) is 0 Å². The predicted octanol–water partition coefficient (Wildman–Crippen LogP) is 4.28. The van der Waals surface area contributed by atoms with E-state index in [1.165, 1.54) is 12.2 Å². The minimum absolute atomic E-state index is 0.301. The maximum Gasteiger partial charge on any atom is 0.330 e. The first-order valence-corrected chi connectivity index (χ1v) is 8.54. The molecule has 26 heavy (non-hydrogen) atoms. The van der Waals surface area contributed by atoms with Crippen molar-refractivity contribution < 1.29 is 19.1 Å². The van der Waals surface area contributed by atoms with Crippen molar-refractivity contribution in [3.05, 3.63) is 83.9 Å². The molecule has 0 heterocycles. The molecule has 0 saturated heterocycles. The molecule has 134 valence electrons. The van der Waals surface area contributed by atoms with Gasteiger partial charge in [0.15, 0.2) is 0 Å². The second-order valence-corrected chi connectivity index (χ2v) is 5.53. The van der Waals surface area contributed by atoms with E-state index >= 15 is 0 Å². The third-order valence-corrected chi connectivity index (χ3v) is 3.45. The molecular formula is C22H22O4. The van der Waals surface area contributed by atoms with E-state index in [9.17, 15) is 9.59 Å². The molecule has 0 atom stereocenters. The number of hydrogen-bond donors (Lipinski definition) is 0. The SMILES string of the molecule is O=C(/C=C\c1ccccc1)OCCCCOC(=O)/C=C\c1ccccc1. The van der Waals surface area contributed by atoms with Crippen LogP contribution in [0, 0.1) is 0 Å². The van der Waals surface area contributed by atoms with E-state index in [1.807, 2.05) is 60.7 Å². The first-order valence-electron chi connectivity index (χ1n) is 8.54. The Balaban J connectivity index is 1.53. The van der Waals surface area contributed by atoms with Gasteiger partial charge in [-0.15, -0.1) is 0 Å². The Morgan fingerprint density at radius 2 is 1.04 bits per heavy atom. The molecule has 0 amide bonds. The number of carbonyl (C=O) groups excluding carboxylic acids is 2. The van der Waals surface area contributed by atoms with Crippen LogP contribution in [0.1, 0.15) is 24.0 Å². The summed E-state index contributed by atoms with van der Waals surface area (Å²) in [5.41, 5.74) is 1.89. The zero-order valence-corrected chi connectivity index (χ0v) is 14.5. The van der Waals surface area contributed by atoms with Gasteiger partial charge in [0, 0.05) is 12.2 Å². The molecule has 0 saturated carbocycles. The Morgan fingerprint density at radius 1 is 0.654 bits per heavy atom.